The van der Waals surface area contributed by atoms with Crippen LogP contribution in [0.1, 0.15) is 134 Å². The first-order chi connectivity index (χ1) is 22.9. The molecule has 0 atom stereocenters. The summed E-state index contributed by atoms with van der Waals surface area (Å²) < 4.78 is 10.0. The van der Waals surface area contributed by atoms with Crippen LogP contribution >= 0.6 is 22.7 Å². The van der Waals surface area contributed by atoms with Gasteiger partial charge >= 0.3 is 11.9 Å². The number of carbonyl (C=O) groups excluding carboxylic acids is 2. The van der Waals surface area contributed by atoms with Crippen LogP contribution in [0, 0.1) is 0 Å². The molecule has 4 nitrogen and oxygen atoms in total. The zero-order chi connectivity index (χ0) is 33.2. The highest BCUT2D eigenvalue weighted by Crippen LogP contribution is 2.56. The lowest BCUT2D eigenvalue weighted by atomic mass is 9.70. The number of esters is 2. The Morgan fingerprint density at radius 2 is 0.957 bits per heavy atom. The van der Waals surface area contributed by atoms with Gasteiger partial charge in [0.15, 0.2) is 0 Å². The van der Waals surface area contributed by atoms with Crippen molar-refractivity contribution >= 4 is 34.6 Å². The SMILES string of the molecule is CCCCCCCCC1(CCCCCCCC)c2cc(-c3ccc(C(=O)OC)s3)ccc2-c2ccc(-c3ccc(C(=O)OC)s3)cc21. The van der Waals surface area contributed by atoms with E-state index in [9.17, 15) is 9.59 Å². The largest absolute Gasteiger partial charge is 0.465 e. The Hall–Kier alpha value is -3.22. The minimum atomic E-state index is -0.285. The molecule has 47 heavy (non-hydrogen) atoms. The number of hydrogen-bond acceptors (Lipinski definition) is 6. The number of hydrogen-bond donors (Lipinski definition) is 0. The number of methoxy groups -OCH3 is 2. The van der Waals surface area contributed by atoms with E-state index in [1.54, 1.807) is 0 Å². The van der Waals surface area contributed by atoms with E-state index in [1.807, 2.05) is 12.1 Å². The van der Waals surface area contributed by atoms with Crippen molar-refractivity contribution in [2.24, 2.45) is 0 Å². The average Bonchev–Trinajstić information content (AvgIpc) is 3.85. The molecule has 1 aliphatic rings. The first kappa shape index (κ1) is 35.1. The van der Waals surface area contributed by atoms with Crippen LogP contribution in [0.4, 0.5) is 0 Å². The summed E-state index contributed by atoms with van der Waals surface area (Å²) in [6.07, 6.45) is 17.5. The fourth-order valence-electron chi connectivity index (χ4n) is 7.29. The van der Waals surface area contributed by atoms with E-state index in [4.69, 9.17) is 9.47 Å². The van der Waals surface area contributed by atoms with Crippen molar-refractivity contribution in [2.45, 2.75) is 109 Å². The molecule has 250 valence electrons. The fraction of sp³-hybridized carbons (Fsp3) is 0.463. The minimum Gasteiger partial charge on any atom is -0.465 e. The molecule has 5 rings (SSSR count). The molecule has 4 aromatic rings. The first-order valence-electron chi connectivity index (χ1n) is 17.6. The molecule has 0 radical (unpaired) electrons. The van der Waals surface area contributed by atoms with Gasteiger partial charge in [-0.1, -0.05) is 115 Å². The van der Waals surface area contributed by atoms with Crippen molar-refractivity contribution in [3.63, 3.8) is 0 Å². The maximum Gasteiger partial charge on any atom is 0.348 e. The van der Waals surface area contributed by atoms with E-state index in [0.717, 1.165) is 33.7 Å². The van der Waals surface area contributed by atoms with E-state index in [0.29, 0.717) is 9.75 Å². The lowest BCUT2D eigenvalue weighted by Crippen LogP contribution is -2.25. The third kappa shape index (κ3) is 7.92. The first-order valence-corrected chi connectivity index (χ1v) is 19.3. The van der Waals surface area contributed by atoms with E-state index < -0.39 is 0 Å². The third-order valence-corrected chi connectivity index (χ3v) is 12.1. The van der Waals surface area contributed by atoms with Gasteiger partial charge in [-0.25, -0.2) is 9.59 Å². The highest BCUT2D eigenvalue weighted by molar-refractivity contribution is 7.17. The average molecular weight is 671 g/mol. The van der Waals surface area contributed by atoms with Crippen LogP contribution in [0.25, 0.3) is 32.0 Å². The Morgan fingerprint density at radius 1 is 0.553 bits per heavy atom. The summed E-state index contributed by atoms with van der Waals surface area (Å²) in [5.41, 5.74) is 7.76. The molecule has 0 saturated heterocycles. The Bertz CT molecular complexity index is 1520. The summed E-state index contributed by atoms with van der Waals surface area (Å²) in [6.45, 7) is 4.56. The summed E-state index contributed by atoms with van der Waals surface area (Å²) >= 11 is 3.00. The number of thiophene rings is 2. The second kappa shape index (κ2) is 16.7. The number of carbonyl (C=O) groups is 2. The maximum absolute atomic E-state index is 12.3. The zero-order valence-electron chi connectivity index (χ0n) is 28.6. The smallest absolute Gasteiger partial charge is 0.348 e. The Morgan fingerprint density at radius 3 is 1.36 bits per heavy atom. The second-order valence-electron chi connectivity index (χ2n) is 12.9. The summed E-state index contributed by atoms with van der Waals surface area (Å²) in [5.74, 6) is -0.571. The van der Waals surface area contributed by atoms with Crippen molar-refractivity contribution in [1.82, 2.24) is 0 Å². The van der Waals surface area contributed by atoms with Gasteiger partial charge in [-0.05, 0) is 82.6 Å². The number of benzene rings is 2. The van der Waals surface area contributed by atoms with E-state index >= 15 is 0 Å². The molecule has 2 aromatic carbocycles. The van der Waals surface area contributed by atoms with E-state index in [2.05, 4.69) is 62.4 Å². The van der Waals surface area contributed by atoms with Crippen LogP contribution in [-0.4, -0.2) is 26.2 Å². The molecule has 0 N–H and O–H groups in total. The van der Waals surface area contributed by atoms with Crippen LogP contribution in [0.5, 0.6) is 0 Å². The van der Waals surface area contributed by atoms with Gasteiger partial charge in [0, 0.05) is 15.2 Å². The molecule has 0 saturated carbocycles. The molecule has 0 bridgehead atoms. The van der Waals surface area contributed by atoms with Crippen LogP contribution < -0.4 is 0 Å². The van der Waals surface area contributed by atoms with Gasteiger partial charge in [0.25, 0.3) is 0 Å². The molecule has 0 spiro atoms. The number of fused-ring (bicyclic) bond motifs is 3. The topological polar surface area (TPSA) is 52.6 Å². The zero-order valence-corrected chi connectivity index (χ0v) is 30.3. The van der Waals surface area contributed by atoms with Crippen LogP contribution in [-0.2, 0) is 14.9 Å². The molecule has 6 heteroatoms. The molecular formula is C41H50O4S2. The lowest BCUT2D eigenvalue weighted by molar-refractivity contribution is 0.0597. The molecule has 0 unspecified atom stereocenters. The fourth-order valence-corrected chi connectivity index (χ4v) is 9.13. The summed E-state index contributed by atoms with van der Waals surface area (Å²) in [6, 6.07) is 21.8. The lowest BCUT2D eigenvalue weighted by Gasteiger charge is -2.33. The molecule has 1 aliphatic carbocycles. The number of unbranched alkanes of at least 4 members (excludes halogenated alkanes) is 10. The quantitative estimate of drug-likeness (QED) is 0.0781. The van der Waals surface area contributed by atoms with Crippen molar-refractivity contribution in [2.75, 3.05) is 14.2 Å². The summed E-state index contributed by atoms with van der Waals surface area (Å²) in [5, 5.41) is 0. The van der Waals surface area contributed by atoms with E-state index in [1.165, 1.54) is 136 Å². The van der Waals surface area contributed by atoms with Gasteiger partial charge in [-0.3, -0.25) is 0 Å². The normalized spacial score (nSPS) is 12.9. The van der Waals surface area contributed by atoms with Crippen molar-refractivity contribution in [3.8, 4) is 32.0 Å². The minimum absolute atomic E-state index is 0.0862. The van der Waals surface area contributed by atoms with Crippen molar-refractivity contribution in [1.29, 1.82) is 0 Å². The highest BCUT2D eigenvalue weighted by atomic mass is 32.1. The third-order valence-electron chi connectivity index (χ3n) is 9.83. The highest BCUT2D eigenvalue weighted by Gasteiger charge is 2.42. The van der Waals surface area contributed by atoms with Crippen LogP contribution in [0.15, 0.2) is 60.7 Å². The molecule has 0 amide bonds. The number of ether oxygens (including phenoxy) is 2. The number of rotatable bonds is 18. The summed E-state index contributed by atoms with van der Waals surface area (Å²) in [7, 11) is 2.88. The molecule has 0 aliphatic heterocycles. The van der Waals surface area contributed by atoms with Gasteiger partial charge in [0.1, 0.15) is 9.75 Å². The Kier molecular flexibility index (Phi) is 12.5. The van der Waals surface area contributed by atoms with Gasteiger partial charge in [0.05, 0.1) is 14.2 Å². The Balaban J connectivity index is 1.57. The molecular weight excluding hydrogens is 621 g/mol. The molecule has 0 fully saturated rings. The van der Waals surface area contributed by atoms with Gasteiger partial charge in [-0.15, -0.1) is 22.7 Å². The predicted octanol–water partition coefficient (Wildman–Crippen LogP) is 12.5. The molecule has 2 aromatic heterocycles. The van der Waals surface area contributed by atoms with Crippen LogP contribution in [0.3, 0.4) is 0 Å². The van der Waals surface area contributed by atoms with Crippen molar-refractivity contribution in [3.05, 3.63) is 81.5 Å². The standard InChI is InChI=1S/C41H50O4S2/c1-5-7-9-11-13-15-25-41(26-16-14-12-10-8-6-2)33-27-29(35-21-23-37(46-35)39(42)44-3)17-19-31(33)32-20-18-30(28-34(32)41)36-22-24-38(47-36)40(43)45-4/h17-24,27-28H,5-16,25-26H2,1-4H3. The van der Waals surface area contributed by atoms with E-state index in [-0.39, 0.29) is 17.4 Å². The van der Waals surface area contributed by atoms with Crippen molar-refractivity contribution < 1.29 is 19.1 Å². The van der Waals surface area contributed by atoms with Gasteiger partial charge < -0.3 is 9.47 Å². The molecule has 2 heterocycles. The van der Waals surface area contributed by atoms with Crippen LogP contribution in [0.2, 0.25) is 0 Å². The monoisotopic (exact) mass is 670 g/mol. The predicted molar refractivity (Wildman–Crippen MR) is 198 cm³/mol. The van der Waals surface area contributed by atoms with Gasteiger partial charge in [-0.2, -0.15) is 0 Å². The van der Waals surface area contributed by atoms with Gasteiger partial charge in [0.2, 0.25) is 0 Å². The second-order valence-corrected chi connectivity index (χ2v) is 15.1. The Labute approximate surface area is 289 Å². The summed E-state index contributed by atoms with van der Waals surface area (Å²) in [4.78, 5) is 28.0. The maximum atomic E-state index is 12.3.